The van der Waals surface area contributed by atoms with Gasteiger partial charge < -0.3 is 19.2 Å². The lowest BCUT2D eigenvalue weighted by Crippen LogP contribution is -2.30. The standard InChI is InChI=1S/C28H23N3O5/c1-29(2)16-5-9-20-23(14-16)36-24-15-17(30(3)4)6-10-21(24)27(20)22-13-18(7-8-19(22)28(34)35)31-25(32)11-12-26(31)33/h5-15H,1-4H3. The zero-order valence-corrected chi connectivity index (χ0v) is 20.2. The molecule has 1 aliphatic carbocycles. The molecular formula is C28H23N3O5. The van der Waals surface area contributed by atoms with Gasteiger partial charge in [0.1, 0.15) is 25.4 Å². The lowest BCUT2D eigenvalue weighted by molar-refractivity contribution is -0.254. The number of imide groups is 1. The number of hydrogen-bond acceptors (Lipinski definition) is 6. The highest BCUT2D eigenvalue weighted by Gasteiger charge is 2.27. The molecule has 5 rings (SSSR count). The van der Waals surface area contributed by atoms with E-state index in [1.165, 1.54) is 24.3 Å². The summed E-state index contributed by atoms with van der Waals surface area (Å²) in [6.07, 6.45) is 2.37. The molecule has 8 nitrogen and oxygen atoms in total. The van der Waals surface area contributed by atoms with E-state index < -0.39 is 17.8 Å². The summed E-state index contributed by atoms with van der Waals surface area (Å²) in [4.78, 5) is 39.8. The first kappa shape index (κ1) is 23.0. The fraction of sp³-hybridized carbons (Fsp3) is 0.143. The second kappa shape index (κ2) is 8.49. The number of fused-ring (bicyclic) bond motifs is 2. The number of carbonyl (C=O) groups excluding carboxylic acids is 3. The average molecular weight is 482 g/mol. The minimum atomic E-state index is -1.37. The molecule has 0 saturated heterocycles. The molecule has 0 fully saturated rings. The minimum Gasteiger partial charge on any atom is -0.545 e. The maximum atomic E-state index is 12.3. The molecule has 0 unspecified atom stereocenters. The number of amides is 2. The van der Waals surface area contributed by atoms with Crippen molar-refractivity contribution < 1.29 is 23.9 Å². The van der Waals surface area contributed by atoms with E-state index in [-0.39, 0.29) is 11.3 Å². The number of carboxylic acid groups (broad SMARTS) is 1. The van der Waals surface area contributed by atoms with Crippen LogP contribution >= 0.6 is 0 Å². The Bertz CT molecular complexity index is 1640. The van der Waals surface area contributed by atoms with E-state index in [9.17, 15) is 19.5 Å². The van der Waals surface area contributed by atoms with Gasteiger partial charge in [0.2, 0.25) is 5.36 Å². The predicted octanol–water partition coefficient (Wildman–Crippen LogP) is 2.10. The Morgan fingerprint density at radius 3 is 2.28 bits per heavy atom. The molecule has 0 radical (unpaired) electrons. The van der Waals surface area contributed by atoms with Crippen molar-refractivity contribution in [3.05, 3.63) is 77.7 Å². The maximum Gasteiger partial charge on any atom is 0.258 e. The number of anilines is 2. The first-order valence-electron chi connectivity index (χ1n) is 11.3. The Morgan fingerprint density at radius 2 is 1.64 bits per heavy atom. The number of aromatic carboxylic acids is 1. The van der Waals surface area contributed by atoms with Gasteiger partial charge in [-0.25, -0.2) is 9.48 Å². The number of nitrogens with zero attached hydrogens (tertiary/aromatic N) is 3. The molecule has 0 bridgehead atoms. The van der Waals surface area contributed by atoms with Gasteiger partial charge in [0.05, 0.1) is 17.7 Å². The van der Waals surface area contributed by atoms with Crippen LogP contribution < -0.4 is 24.8 Å². The second-order valence-electron chi connectivity index (χ2n) is 8.99. The highest BCUT2D eigenvalue weighted by Crippen LogP contribution is 2.43. The number of rotatable bonds is 4. The van der Waals surface area contributed by atoms with Crippen LogP contribution in [0.2, 0.25) is 0 Å². The Labute approximate surface area is 207 Å². The lowest BCUT2D eigenvalue weighted by Gasteiger charge is -2.22. The molecule has 2 aromatic rings. The van der Waals surface area contributed by atoms with Crippen molar-refractivity contribution in [1.29, 1.82) is 0 Å². The zero-order valence-electron chi connectivity index (χ0n) is 20.2. The van der Waals surface area contributed by atoms with Crippen molar-refractivity contribution in [2.45, 2.75) is 0 Å². The monoisotopic (exact) mass is 481 g/mol. The van der Waals surface area contributed by atoms with E-state index >= 15 is 0 Å². The van der Waals surface area contributed by atoms with Crippen molar-refractivity contribution in [2.24, 2.45) is 0 Å². The van der Waals surface area contributed by atoms with E-state index in [0.717, 1.165) is 15.9 Å². The third-order valence-electron chi connectivity index (χ3n) is 6.28. The van der Waals surface area contributed by atoms with Gasteiger partial charge in [-0.3, -0.25) is 9.59 Å². The largest absolute Gasteiger partial charge is 0.545 e. The summed E-state index contributed by atoms with van der Waals surface area (Å²) in [5, 5.41) is 13.8. The number of carbonyl (C=O) groups is 3. The number of benzene rings is 3. The Kier molecular flexibility index (Phi) is 5.44. The fourth-order valence-electron chi connectivity index (χ4n) is 4.42. The first-order chi connectivity index (χ1) is 17.2. The van der Waals surface area contributed by atoms with Gasteiger partial charge >= 0.3 is 0 Å². The number of carboxylic acids is 1. The van der Waals surface area contributed by atoms with Crippen LogP contribution in [0.25, 0.3) is 33.4 Å². The van der Waals surface area contributed by atoms with Crippen LogP contribution in [-0.4, -0.2) is 46.0 Å². The first-order valence-corrected chi connectivity index (χ1v) is 11.3. The Morgan fingerprint density at radius 1 is 0.917 bits per heavy atom. The highest BCUT2D eigenvalue weighted by molar-refractivity contribution is 6.28. The molecule has 0 spiro atoms. The van der Waals surface area contributed by atoms with Crippen LogP contribution in [0.3, 0.4) is 0 Å². The molecule has 8 heteroatoms. The van der Waals surface area contributed by atoms with Gasteiger partial charge in [0.25, 0.3) is 11.8 Å². The van der Waals surface area contributed by atoms with E-state index in [1.807, 2.05) is 74.1 Å². The van der Waals surface area contributed by atoms with Gasteiger partial charge in [0.15, 0.2) is 0 Å². The van der Waals surface area contributed by atoms with Crippen LogP contribution in [0.4, 0.5) is 11.4 Å². The Balaban J connectivity index is 1.90. The molecule has 0 atom stereocenters. The van der Waals surface area contributed by atoms with E-state index in [2.05, 4.69) is 0 Å². The molecule has 0 N–H and O–H groups in total. The molecule has 2 aliphatic heterocycles. The van der Waals surface area contributed by atoms with Gasteiger partial charge in [0, 0.05) is 66.1 Å². The van der Waals surface area contributed by atoms with Crippen molar-refractivity contribution >= 4 is 40.1 Å². The zero-order chi connectivity index (χ0) is 25.7. The fourth-order valence-corrected chi connectivity index (χ4v) is 4.42. The third-order valence-corrected chi connectivity index (χ3v) is 6.28. The smallest absolute Gasteiger partial charge is 0.258 e. The molecule has 36 heavy (non-hydrogen) atoms. The van der Waals surface area contributed by atoms with E-state index in [4.69, 9.17) is 4.42 Å². The molecule has 3 aliphatic rings. The van der Waals surface area contributed by atoms with Gasteiger partial charge in [-0.15, -0.1) is 0 Å². The van der Waals surface area contributed by atoms with E-state index in [1.54, 1.807) is 6.07 Å². The molecular weight excluding hydrogens is 458 g/mol. The molecule has 2 heterocycles. The molecule has 2 aromatic carbocycles. The highest BCUT2D eigenvalue weighted by atomic mass is 16.4. The minimum absolute atomic E-state index is 0.0621. The normalized spacial score (nSPS) is 13.2. The van der Waals surface area contributed by atoms with Crippen LogP contribution in [0.5, 0.6) is 0 Å². The maximum absolute atomic E-state index is 12.3. The quantitative estimate of drug-likeness (QED) is 0.252. The molecule has 180 valence electrons. The summed E-state index contributed by atoms with van der Waals surface area (Å²) in [6.45, 7) is 0. The molecule has 0 aromatic heterocycles. The van der Waals surface area contributed by atoms with Crippen molar-refractivity contribution in [2.75, 3.05) is 38.0 Å². The van der Waals surface area contributed by atoms with Gasteiger partial charge in [-0.1, -0.05) is 6.07 Å². The SMILES string of the molecule is CN(C)c1ccc2c(-c3cc(N4C(=O)C=CC4=O)ccc3C(=O)[O-])c3ccc(=[N+](C)C)cc-3oc2c1. The molecule has 2 amide bonds. The van der Waals surface area contributed by atoms with Crippen LogP contribution in [0, 0.1) is 0 Å². The molecule has 0 saturated carbocycles. The summed E-state index contributed by atoms with van der Waals surface area (Å²) in [6, 6.07) is 15.7. The van der Waals surface area contributed by atoms with Crippen molar-refractivity contribution in [3.63, 3.8) is 0 Å². The summed E-state index contributed by atoms with van der Waals surface area (Å²) in [5.74, 6) is -1.79. The topological polar surface area (TPSA) is 96.9 Å². The Hall–Kier alpha value is -4.72. The van der Waals surface area contributed by atoms with Crippen LogP contribution in [-0.2, 0) is 9.59 Å². The summed E-state index contributed by atoms with van der Waals surface area (Å²) in [5.41, 5.74) is 3.29. The van der Waals surface area contributed by atoms with E-state index in [0.29, 0.717) is 33.4 Å². The van der Waals surface area contributed by atoms with Gasteiger partial charge in [-0.2, -0.15) is 0 Å². The van der Waals surface area contributed by atoms with Crippen molar-refractivity contribution in [3.8, 4) is 22.5 Å². The predicted molar refractivity (Wildman–Crippen MR) is 136 cm³/mol. The number of hydrogen-bond donors (Lipinski definition) is 0. The average Bonchev–Trinajstić information content (AvgIpc) is 3.18. The summed E-state index contributed by atoms with van der Waals surface area (Å²) < 4.78 is 8.25. The summed E-state index contributed by atoms with van der Waals surface area (Å²) in [7, 11) is 7.68. The van der Waals surface area contributed by atoms with Crippen LogP contribution in [0.1, 0.15) is 10.4 Å². The summed E-state index contributed by atoms with van der Waals surface area (Å²) >= 11 is 0. The van der Waals surface area contributed by atoms with Crippen molar-refractivity contribution in [1.82, 2.24) is 4.58 Å². The van der Waals surface area contributed by atoms with Gasteiger partial charge in [-0.05, 0) is 35.9 Å². The third kappa shape index (κ3) is 3.73. The second-order valence-corrected chi connectivity index (χ2v) is 8.99. The lowest BCUT2D eigenvalue weighted by atomic mass is 9.90. The van der Waals surface area contributed by atoms with Crippen LogP contribution in [0.15, 0.2) is 71.2 Å².